The number of allylic oxidation sites excluding steroid dienone is 1. The first-order valence-electron chi connectivity index (χ1n) is 17.3. The molecule has 15 heteroatoms. The molecular weight excluding hydrogens is 675 g/mol. The van der Waals surface area contributed by atoms with Crippen molar-refractivity contribution in [1.29, 1.82) is 0 Å². The van der Waals surface area contributed by atoms with Crippen LogP contribution in [-0.4, -0.2) is 76.1 Å². The summed E-state index contributed by atoms with van der Waals surface area (Å²) in [6.07, 6.45) is 7.63. The van der Waals surface area contributed by atoms with E-state index in [-0.39, 0.29) is 34.9 Å². The van der Waals surface area contributed by atoms with Gasteiger partial charge in [0.1, 0.15) is 16.5 Å². The second-order valence-corrected chi connectivity index (χ2v) is 15.0. The van der Waals surface area contributed by atoms with Crippen molar-refractivity contribution in [2.45, 2.75) is 84.8 Å². The van der Waals surface area contributed by atoms with Crippen molar-refractivity contribution >= 4 is 34.6 Å². The first kappa shape index (κ1) is 41.4. The van der Waals surface area contributed by atoms with E-state index in [1.165, 1.54) is 57.7 Å². The van der Waals surface area contributed by atoms with Crippen LogP contribution in [0.4, 0.5) is 5.69 Å². The van der Waals surface area contributed by atoms with Gasteiger partial charge in [0, 0.05) is 31.2 Å². The number of nitrogens with two attached hydrogens (primary N) is 2. The summed E-state index contributed by atoms with van der Waals surface area (Å²) in [5.41, 5.74) is 11.9. The number of rotatable bonds is 12. The number of aliphatic hydroxyl groups is 3. The maximum atomic E-state index is 12.4. The van der Waals surface area contributed by atoms with Gasteiger partial charge in [0.05, 0.1) is 28.9 Å². The molecule has 1 heterocycles. The molecule has 1 aromatic heterocycles. The summed E-state index contributed by atoms with van der Waals surface area (Å²) in [5.74, 6) is 1.10. The van der Waals surface area contributed by atoms with Gasteiger partial charge in [-0.25, -0.2) is 4.98 Å². The van der Waals surface area contributed by atoms with Crippen molar-refractivity contribution in [2.75, 3.05) is 26.5 Å². The van der Waals surface area contributed by atoms with Crippen LogP contribution in [0.5, 0.6) is 5.75 Å². The van der Waals surface area contributed by atoms with Gasteiger partial charge >= 0.3 is 6.10 Å². The number of ketones is 1. The molecule has 2 fully saturated rings. The Balaban J connectivity index is 0.000000391. The van der Waals surface area contributed by atoms with E-state index in [1.807, 2.05) is 0 Å². The molecule has 2 aliphatic rings. The number of nitrogens with zero attached hydrogens (tertiary/aromatic N) is 2. The smallest absolute Gasteiger partial charge is 0.369 e. The van der Waals surface area contributed by atoms with Gasteiger partial charge in [-0.3, -0.25) is 19.7 Å². The van der Waals surface area contributed by atoms with Crippen LogP contribution >= 0.6 is 11.3 Å². The number of methoxy groups -OCH3 is 1. The number of aromatic nitrogens is 1. The summed E-state index contributed by atoms with van der Waals surface area (Å²) < 4.78 is 5.55. The Kier molecular flexibility index (Phi) is 15.0. The highest BCUT2D eigenvalue weighted by molar-refractivity contribution is 7.17. The van der Waals surface area contributed by atoms with E-state index in [0.29, 0.717) is 21.1 Å². The van der Waals surface area contributed by atoms with E-state index >= 15 is 0 Å². The van der Waals surface area contributed by atoms with Crippen LogP contribution in [0.3, 0.4) is 0 Å². The van der Waals surface area contributed by atoms with Crippen LogP contribution in [0.2, 0.25) is 0 Å². The Morgan fingerprint density at radius 2 is 1.71 bits per heavy atom. The number of thiazole rings is 1. The van der Waals surface area contributed by atoms with Crippen molar-refractivity contribution in [3.63, 3.8) is 0 Å². The van der Waals surface area contributed by atoms with Crippen molar-refractivity contribution in [3.8, 4) is 16.3 Å². The van der Waals surface area contributed by atoms with Crippen LogP contribution < -0.4 is 32.2 Å². The van der Waals surface area contributed by atoms with Gasteiger partial charge in [-0.1, -0.05) is 33.3 Å². The van der Waals surface area contributed by atoms with E-state index in [2.05, 4.69) is 55.4 Å². The molecular formula is C36H55N7O7S. The molecule has 2 atom stereocenters. The van der Waals surface area contributed by atoms with Crippen molar-refractivity contribution in [1.82, 2.24) is 20.5 Å². The van der Waals surface area contributed by atoms with E-state index in [4.69, 9.17) is 31.5 Å². The van der Waals surface area contributed by atoms with Crippen LogP contribution in [0.1, 0.15) is 82.3 Å². The molecule has 10 N–H and O–H groups in total. The summed E-state index contributed by atoms with van der Waals surface area (Å²) >= 11 is 1.16. The summed E-state index contributed by atoms with van der Waals surface area (Å²) in [4.78, 5) is 43.3. The van der Waals surface area contributed by atoms with Gasteiger partial charge < -0.3 is 47.1 Å². The number of amides is 2. The number of ether oxygens (including phenoxy) is 1. The van der Waals surface area contributed by atoms with Crippen LogP contribution in [-0.2, 0) is 9.59 Å². The standard InChI is InChI=1S/C22H26N6O7S.C14H29N/c1-10(29)15-9-25-21(36-15)12-4-3-5-13(18(12)35-2)26-14(17(24)20(31)28-22(32,33)34)8-16(23)27-19(30)11-6-7-11;1-6-13-7-11(2)9-14(15(4)5)10-12(3)8-13/h3-5,8-9,11,26,32-34H,6-7,23-24H2,1-2H3,(H,27,30)(H,28,31);11-14H,6-10H2,1-5H3/b16-8+,17-14+;. The fourth-order valence-electron chi connectivity index (χ4n) is 6.24. The van der Waals surface area contributed by atoms with Crippen LogP contribution in [0, 0.1) is 23.7 Å². The Labute approximate surface area is 304 Å². The van der Waals surface area contributed by atoms with Gasteiger partial charge in [0.2, 0.25) is 5.91 Å². The van der Waals surface area contributed by atoms with Crippen molar-refractivity contribution in [2.24, 2.45) is 35.1 Å². The zero-order valence-electron chi connectivity index (χ0n) is 30.7. The minimum Gasteiger partial charge on any atom is -0.494 e. The van der Waals surface area contributed by atoms with Crippen molar-refractivity contribution < 1.29 is 34.4 Å². The molecule has 0 spiro atoms. The maximum Gasteiger partial charge on any atom is 0.369 e. The molecule has 1 aromatic carbocycles. The van der Waals surface area contributed by atoms with Gasteiger partial charge in [-0.15, -0.1) is 11.3 Å². The largest absolute Gasteiger partial charge is 0.494 e. The normalized spacial score (nSPS) is 21.7. The lowest BCUT2D eigenvalue weighted by atomic mass is 9.78. The first-order valence-corrected chi connectivity index (χ1v) is 18.1. The number of nitrogens with one attached hydrogen (secondary N) is 3. The van der Waals surface area contributed by atoms with Gasteiger partial charge in [0.15, 0.2) is 11.5 Å². The second kappa shape index (κ2) is 18.5. The molecule has 0 radical (unpaired) electrons. The maximum absolute atomic E-state index is 12.4. The molecule has 2 aliphatic carbocycles. The van der Waals surface area contributed by atoms with E-state index in [0.717, 1.165) is 54.1 Å². The third kappa shape index (κ3) is 12.9. The summed E-state index contributed by atoms with van der Waals surface area (Å²) in [6, 6.07) is 5.77. The minimum atomic E-state index is -3.53. The van der Waals surface area contributed by atoms with E-state index < -0.39 is 17.7 Å². The lowest BCUT2D eigenvalue weighted by Crippen LogP contribution is -2.50. The number of hydrogen-bond donors (Lipinski definition) is 8. The average molecular weight is 730 g/mol. The summed E-state index contributed by atoms with van der Waals surface area (Å²) in [5, 5.41) is 34.6. The molecule has 2 saturated carbocycles. The SMILES string of the molecule is CCC1CC(C)CC(N(C)C)CC(C)C1.COc1c(NC(/C=C(\N)NC(=O)C2CC2)=C(/N)C(=O)NC(O)(O)O)cccc1-c1ncc(C(C)=O)s1. The number of para-hydroxylation sites is 1. The number of benzene rings is 1. The second-order valence-electron chi connectivity index (χ2n) is 13.9. The zero-order chi connectivity index (χ0) is 38.0. The molecule has 0 bridgehead atoms. The third-order valence-electron chi connectivity index (χ3n) is 9.03. The van der Waals surface area contributed by atoms with Gasteiger partial charge in [-0.2, -0.15) is 0 Å². The molecule has 0 saturated heterocycles. The zero-order valence-corrected chi connectivity index (χ0v) is 31.5. The number of anilines is 1. The molecule has 2 unspecified atom stereocenters. The number of Topliss-reactive ketones (excluding diaryl/α,β-unsaturated/α-hetero) is 1. The van der Waals surface area contributed by atoms with Gasteiger partial charge in [0.25, 0.3) is 5.91 Å². The molecule has 282 valence electrons. The third-order valence-corrected chi connectivity index (χ3v) is 10.2. The number of carbonyl (C=O) groups excluding carboxylic acids is 3. The highest BCUT2D eigenvalue weighted by Gasteiger charge is 2.30. The molecule has 2 aromatic rings. The highest BCUT2D eigenvalue weighted by atomic mass is 32.1. The van der Waals surface area contributed by atoms with Gasteiger partial charge in [-0.05, 0) is 82.5 Å². The fraction of sp³-hybridized carbons (Fsp3) is 0.556. The van der Waals surface area contributed by atoms with E-state index in [1.54, 1.807) is 18.2 Å². The monoisotopic (exact) mass is 729 g/mol. The molecule has 51 heavy (non-hydrogen) atoms. The quantitative estimate of drug-likeness (QED) is 0.0681. The summed E-state index contributed by atoms with van der Waals surface area (Å²) in [6.45, 7) is 8.66. The summed E-state index contributed by atoms with van der Waals surface area (Å²) in [7, 11) is 5.88. The first-order chi connectivity index (χ1) is 23.9. The predicted octanol–water partition coefficient (Wildman–Crippen LogP) is 3.42. The minimum absolute atomic E-state index is 0.141. The fourth-order valence-corrected chi connectivity index (χ4v) is 7.08. The lowest BCUT2D eigenvalue weighted by molar-refractivity contribution is -0.325. The van der Waals surface area contributed by atoms with E-state index in [9.17, 15) is 14.4 Å². The molecule has 4 rings (SSSR count). The molecule has 0 aliphatic heterocycles. The predicted molar refractivity (Wildman–Crippen MR) is 198 cm³/mol. The van der Waals surface area contributed by atoms with Crippen LogP contribution in [0.25, 0.3) is 10.6 Å². The number of hydrogen-bond acceptors (Lipinski definition) is 13. The number of carbonyl (C=O) groups is 3. The Bertz CT molecular complexity index is 1570. The van der Waals surface area contributed by atoms with Crippen LogP contribution in [0.15, 0.2) is 47.7 Å². The topological polar surface area (TPSA) is 225 Å². The average Bonchev–Trinajstić information content (AvgIpc) is 3.78. The Morgan fingerprint density at radius 3 is 2.20 bits per heavy atom. The Hall–Kier alpha value is -4.02. The Morgan fingerprint density at radius 1 is 1.08 bits per heavy atom. The lowest BCUT2D eigenvalue weighted by Gasteiger charge is -2.35. The molecule has 2 amide bonds. The molecule has 14 nitrogen and oxygen atoms in total. The van der Waals surface area contributed by atoms with Crippen molar-refractivity contribution in [3.05, 3.63) is 52.6 Å². The highest BCUT2D eigenvalue weighted by Crippen LogP contribution is 2.39.